The van der Waals surface area contributed by atoms with Crippen LogP contribution in [0.25, 0.3) is 0 Å². The normalized spacial score (nSPS) is 28.2. The summed E-state index contributed by atoms with van der Waals surface area (Å²) in [5, 5.41) is 0. The molecule has 2 aliphatic rings. The van der Waals surface area contributed by atoms with E-state index in [1.807, 2.05) is 9.80 Å². The van der Waals surface area contributed by atoms with E-state index < -0.39 is 6.04 Å². The highest BCUT2D eigenvalue weighted by Crippen LogP contribution is 2.17. The highest BCUT2D eigenvalue weighted by molar-refractivity contribution is 5.81. The highest BCUT2D eigenvalue weighted by atomic mass is 16.5. The van der Waals surface area contributed by atoms with E-state index in [2.05, 4.69) is 6.92 Å². The lowest BCUT2D eigenvalue weighted by Gasteiger charge is -2.37. The molecular weight excluding hydrogens is 260 g/mol. The minimum absolute atomic E-state index is 0.105. The van der Waals surface area contributed by atoms with Crippen molar-refractivity contribution in [1.82, 2.24) is 9.80 Å². The number of hydrogen-bond donors (Lipinski definition) is 0. The van der Waals surface area contributed by atoms with Gasteiger partial charge in [0.25, 0.3) is 0 Å². The Morgan fingerprint density at radius 2 is 2.10 bits per heavy atom. The van der Waals surface area contributed by atoms with Crippen molar-refractivity contribution < 1.29 is 19.1 Å². The molecule has 0 aromatic heterocycles. The van der Waals surface area contributed by atoms with Crippen LogP contribution in [-0.4, -0.2) is 73.7 Å². The minimum Gasteiger partial charge on any atom is -0.468 e. The van der Waals surface area contributed by atoms with Crippen molar-refractivity contribution in [3.8, 4) is 0 Å². The number of rotatable bonds is 3. The standard InChI is InChI=1S/C14H24N2O4/c1-11-5-3-4-6-16(11)13(17)9-15-7-8-20-10-12(15)14(18)19-2/h11-12H,3-10H2,1-2H3. The molecule has 0 aromatic carbocycles. The average Bonchev–Trinajstić information content (AvgIpc) is 2.47. The van der Waals surface area contributed by atoms with Gasteiger partial charge in [-0.3, -0.25) is 14.5 Å². The first-order valence-corrected chi connectivity index (χ1v) is 7.32. The van der Waals surface area contributed by atoms with Crippen molar-refractivity contribution in [3.63, 3.8) is 0 Å². The molecule has 0 N–H and O–H groups in total. The summed E-state index contributed by atoms with van der Waals surface area (Å²) in [5.74, 6) is -0.225. The van der Waals surface area contributed by atoms with Gasteiger partial charge in [-0.2, -0.15) is 0 Å². The van der Waals surface area contributed by atoms with E-state index in [-0.39, 0.29) is 18.4 Å². The number of methoxy groups -OCH3 is 1. The summed E-state index contributed by atoms with van der Waals surface area (Å²) < 4.78 is 10.1. The second-order valence-electron chi connectivity index (χ2n) is 5.52. The van der Waals surface area contributed by atoms with Crippen LogP contribution in [-0.2, 0) is 19.1 Å². The van der Waals surface area contributed by atoms with Gasteiger partial charge in [0.1, 0.15) is 6.04 Å². The van der Waals surface area contributed by atoms with Gasteiger partial charge in [0.05, 0.1) is 26.9 Å². The van der Waals surface area contributed by atoms with Gasteiger partial charge in [-0.15, -0.1) is 0 Å². The maximum absolute atomic E-state index is 12.4. The van der Waals surface area contributed by atoms with Crippen LogP contribution in [0.4, 0.5) is 0 Å². The Balaban J connectivity index is 1.95. The molecule has 2 rings (SSSR count). The predicted octanol–water partition coefficient (Wildman–Crippen LogP) is 0.261. The highest BCUT2D eigenvalue weighted by Gasteiger charge is 2.33. The number of likely N-dealkylation sites (tertiary alicyclic amines) is 1. The Morgan fingerprint density at radius 3 is 2.80 bits per heavy atom. The van der Waals surface area contributed by atoms with E-state index >= 15 is 0 Å². The number of amides is 1. The van der Waals surface area contributed by atoms with Crippen LogP contribution in [0.2, 0.25) is 0 Å². The molecule has 2 unspecified atom stereocenters. The molecule has 1 amide bonds. The van der Waals surface area contributed by atoms with Crippen molar-refractivity contribution in [2.75, 3.05) is 40.0 Å². The maximum Gasteiger partial charge on any atom is 0.325 e. The molecule has 0 spiro atoms. The number of carbonyl (C=O) groups excluding carboxylic acids is 2. The lowest BCUT2D eigenvalue weighted by atomic mass is 10.0. The molecule has 0 aliphatic carbocycles. The Morgan fingerprint density at radius 1 is 1.30 bits per heavy atom. The van der Waals surface area contributed by atoms with Crippen LogP contribution in [0.5, 0.6) is 0 Å². The van der Waals surface area contributed by atoms with Gasteiger partial charge < -0.3 is 14.4 Å². The zero-order valence-electron chi connectivity index (χ0n) is 12.3. The predicted molar refractivity (Wildman–Crippen MR) is 73.2 cm³/mol. The first kappa shape index (κ1) is 15.3. The summed E-state index contributed by atoms with van der Waals surface area (Å²) >= 11 is 0. The summed E-state index contributed by atoms with van der Waals surface area (Å²) in [6.07, 6.45) is 3.32. The topological polar surface area (TPSA) is 59.1 Å². The Kier molecular flexibility index (Phi) is 5.37. The number of ether oxygens (including phenoxy) is 2. The molecule has 2 saturated heterocycles. The van der Waals surface area contributed by atoms with Crippen molar-refractivity contribution in [1.29, 1.82) is 0 Å². The summed E-state index contributed by atoms with van der Waals surface area (Å²) in [5.41, 5.74) is 0. The van der Waals surface area contributed by atoms with Crippen LogP contribution in [0.1, 0.15) is 26.2 Å². The monoisotopic (exact) mass is 284 g/mol. The van der Waals surface area contributed by atoms with Crippen molar-refractivity contribution in [2.24, 2.45) is 0 Å². The molecule has 0 radical (unpaired) electrons. The molecule has 20 heavy (non-hydrogen) atoms. The Bertz CT molecular complexity index is 361. The van der Waals surface area contributed by atoms with Crippen LogP contribution >= 0.6 is 0 Å². The number of carbonyl (C=O) groups is 2. The maximum atomic E-state index is 12.4. The molecule has 2 heterocycles. The summed E-state index contributed by atoms with van der Waals surface area (Å²) in [6, 6.07) is -0.160. The molecule has 2 atom stereocenters. The molecule has 114 valence electrons. The quantitative estimate of drug-likeness (QED) is 0.696. The lowest BCUT2D eigenvalue weighted by molar-refractivity contribution is -0.155. The van der Waals surface area contributed by atoms with Gasteiger partial charge in [-0.05, 0) is 26.2 Å². The molecule has 0 aromatic rings. The third-order valence-electron chi connectivity index (χ3n) is 4.17. The molecular formula is C14H24N2O4. The molecule has 0 bridgehead atoms. The fourth-order valence-corrected chi connectivity index (χ4v) is 2.91. The van der Waals surface area contributed by atoms with E-state index in [0.29, 0.717) is 25.8 Å². The second kappa shape index (κ2) is 7.04. The summed E-state index contributed by atoms with van der Waals surface area (Å²) in [7, 11) is 1.36. The van der Waals surface area contributed by atoms with E-state index in [9.17, 15) is 9.59 Å². The fourth-order valence-electron chi connectivity index (χ4n) is 2.91. The molecule has 0 saturated carbocycles. The van der Waals surface area contributed by atoms with Gasteiger partial charge in [-0.25, -0.2) is 0 Å². The number of piperidine rings is 1. The molecule has 6 heteroatoms. The third-order valence-corrected chi connectivity index (χ3v) is 4.17. The molecule has 6 nitrogen and oxygen atoms in total. The van der Waals surface area contributed by atoms with E-state index in [1.165, 1.54) is 13.5 Å². The Hall–Kier alpha value is -1.14. The largest absolute Gasteiger partial charge is 0.468 e. The molecule has 2 fully saturated rings. The zero-order valence-corrected chi connectivity index (χ0v) is 12.3. The second-order valence-corrected chi connectivity index (χ2v) is 5.52. The van der Waals surface area contributed by atoms with Crippen LogP contribution in [0, 0.1) is 0 Å². The van der Waals surface area contributed by atoms with Gasteiger partial charge >= 0.3 is 5.97 Å². The van der Waals surface area contributed by atoms with Crippen LogP contribution in [0.15, 0.2) is 0 Å². The number of hydrogen-bond acceptors (Lipinski definition) is 5. The van der Waals surface area contributed by atoms with Crippen LogP contribution < -0.4 is 0 Å². The summed E-state index contributed by atoms with van der Waals surface area (Å²) in [4.78, 5) is 28.0. The molecule has 2 aliphatic heterocycles. The van der Waals surface area contributed by atoms with E-state index in [4.69, 9.17) is 9.47 Å². The zero-order chi connectivity index (χ0) is 14.5. The van der Waals surface area contributed by atoms with Gasteiger partial charge in [-0.1, -0.05) is 0 Å². The van der Waals surface area contributed by atoms with Crippen LogP contribution in [0.3, 0.4) is 0 Å². The van der Waals surface area contributed by atoms with Gasteiger partial charge in [0.15, 0.2) is 0 Å². The minimum atomic E-state index is -0.460. The van der Waals surface area contributed by atoms with Crippen molar-refractivity contribution >= 4 is 11.9 Å². The van der Waals surface area contributed by atoms with Crippen molar-refractivity contribution in [3.05, 3.63) is 0 Å². The van der Waals surface area contributed by atoms with Gasteiger partial charge in [0.2, 0.25) is 5.91 Å². The number of esters is 1. The average molecular weight is 284 g/mol. The Labute approximate surface area is 120 Å². The van der Waals surface area contributed by atoms with E-state index in [0.717, 1.165) is 19.4 Å². The fraction of sp³-hybridized carbons (Fsp3) is 0.857. The van der Waals surface area contributed by atoms with E-state index in [1.54, 1.807) is 0 Å². The van der Waals surface area contributed by atoms with Gasteiger partial charge in [0, 0.05) is 19.1 Å². The number of morpholine rings is 1. The third kappa shape index (κ3) is 3.49. The SMILES string of the molecule is COC(=O)C1COCCN1CC(=O)N1CCCCC1C. The summed E-state index contributed by atoms with van der Waals surface area (Å²) in [6.45, 7) is 4.63. The van der Waals surface area contributed by atoms with Crippen molar-refractivity contribution in [2.45, 2.75) is 38.3 Å². The first-order chi connectivity index (χ1) is 9.63. The smallest absolute Gasteiger partial charge is 0.325 e. The lowest BCUT2D eigenvalue weighted by Crippen LogP contribution is -2.55. The number of nitrogens with zero attached hydrogens (tertiary/aromatic N) is 2. The first-order valence-electron chi connectivity index (χ1n) is 7.32.